The van der Waals surface area contributed by atoms with Gasteiger partial charge < -0.3 is 23.8 Å². The second kappa shape index (κ2) is 12.4. The van der Waals surface area contributed by atoms with Gasteiger partial charge in [-0.3, -0.25) is 14.2 Å². The summed E-state index contributed by atoms with van der Waals surface area (Å²) in [6.45, 7) is 7.42. The van der Waals surface area contributed by atoms with E-state index in [1.165, 1.54) is 11.3 Å². The molecule has 10 heteroatoms. The fraction of sp³-hybridized carbons (Fsp3) is 0.265. The van der Waals surface area contributed by atoms with Crippen molar-refractivity contribution >= 4 is 23.3 Å². The number of carbonyl (C=O) groups is 1. The fourth-order valence-corrected chi connectivity index (χ4v) is 6.52. The van der Waals surface area contributed by atoms with Gasteiger partial charge in [-0.15, -0.1) is 0 Å². The van der Waals surface area contributed by atoms with Crippen LogP contribution in [0.5, 0.6) is 23.0 Å². The fourth-order valence-electron chi connectivity index (χ4n) is 5.47. The van der Waals surface area contributed by atoms with E-state index in [0.717, 1.165) is 28.2 Å². The highest BCUT2D eigenvalue weighted by atomic mass is 32.1. The summed E-state index contributed by atoms with van der Waals surface area (Å²) in [5.41, 5.74) is 3.39. The highest BCUT2D eigenvalue weighted by molar-refractivity contribution is 7.07. The average molecular weight is 612 g/mol. The van der Waals surface area contributed by atoms with E-state index in [0.29, 0.717) is 51.8 Å². The first-order valence-electron chi connectivity index (χ1n) is 14.5. The Morgan fingerprint density at radius 2 is 1.82 bits per heavy atom. The normalized spacial score (nSPS) is 15.5. The number of para-hydroxylation sites is 1. The first kappa shape index (κ1) is 29.3. The molecule has 3 aromatic carbocycles. The molecule has 0 spiro atoms. The zero-order valence-electron chi connectivity index (χ0n) is 25.0. The molecule has 4 aromatic rings. The van der Waals surface area contributed by atoms with Gasteiger partial charge in [0.15, 0.2) is 16.3 Å². The number of allylic oxidation sites excluding steroid dienone is 1. The molecule has 0 N–H and O–H groups in total. The van der Waals surface area contributed by atoms with Gasteiger partial charge in [-0.2, -0.15) is 0 Å². The van der Waals surface area contributed by atoms with Crippen molar-refractivity contribution in [1.82, 2.24) is 9.47 Å². The molecule has 1 aromatic heterocycles. The summed E-state index contributed by atoms with van der Waals surface area (Å²) in [4.78, 5) is 34.9. The summed E-state index contributed by atoms with van der Waals surface area (Å²) in [7, 11) is 1.59. The van der Waals surface area contributed by atoms with Crippen LogP contribution >= 0.6 is 11.3 Å². The Hall–Kier alpha value is -4.83. The lowest BCUT2D eigenvalue weighted by Gasteiger charge is -2.29. The van der Waals surface area contributed by atoms with Crippen molar-refractivity contribution in [3.8, 4) is 23.0 Å². The van der Waals surface area contributed by atoms with Crippen LogP contribution in [0.4, 0.5) is 0 Å². The SMILES string of the molecule is CCN(CC)C(=O)C1=C(C)N=c2s/c(=C/c3ccc(OCc4ccc5c(c4)OCO5)cc3)c(=O)n2[C@@H]1c1ccccc1OC. The van der Waals surface area contributed by atoms with E-state index in [-0.39, 0.29) is 18.3 Å². The summed E-state index contributed by atoms with van der Waals surface area (Å²) in [6.07, 6.45) is 1.84. The minimum absolute atomic E-state index is 0.141. The number of fused-ring (bicyclic) bond motifs is 2. The number of aromatic nitrogens is 1. The van der Waals surface area contributed by atoms with Gasteiger partial charge in [0.05, 0.1) is 22.9 Å². The third-order valence-electron chi connectivity index (χ3n) is 7.76. The number of hydrogen-bond acceptors (Lipinski definition) is 8. The number of nitrogens with zero attached hydrogens (tertiary/aromatic N) is 3. The van der Waals surface area contributed by atoms with Crippen LogP contribution in [-0.4, -0.2) is 42.4 Å². The van der Waals surface area contributed by atoms with Crippen molar-refractivity contribution in [1.29, 1.82) is 0 Å². The monoisotopic (exact) mass is 611 g/mol. The molecule has 0 aliphatic carbocycles. The smallest absolute Gasteiger partial charge is 0.271 e. The van der Waals surface area contributed by atoms with Crippen molar-refractivity contribution in [2.24, 2.45) is 4.99 Å². The third kappa shape index (κ3) is 5.48. The van der Waals surface area contributed by atoms with E-state index in [9.17, 15) is 9.59 Å². The molecular weight excluding hydrogens is 578 g/mol. The maximum atomic E-state index is 14.0. The van der Waals surface area contributed by atoms with Crippen LogP contribution in [0.25, 0.3) is 6.08 Å². The second-order valence-electron chi connectivity index (χ2n) is 10.3. The quantitative estimate of drug-likeness (QED) is 0.278. The molecule has 9 nitrogen and oxygen atoms in total. The molecule has 0 bridgehead atoms. The number of rotatable bonds is 9. The zero-order chi connectivity index (χ0) is 30.8. The molecule has 2 aliphatic rings. The molecule has 0 saturated carbocycles. The van der Waals surface area contributed by atoms with Crippen LogP contribution in [0, 0.1) is 0 Å². The number of ether oxygens (including phenoxy) is 4. The topological polar surface area (TPSA) is 91.6 Å². The zero-order valence-corrected chi connectivity index (χ0v) is 25.8. The molecular formula is C34H33N3O6S. The molecule has 1 atom stereocenters. The predicted octanol–water partition coefficient (Wildman–Crippen LogP) is 4.42. The maximum absolute atomic E-state index is 14.0. The van der Waals surface area contributed by atoms with Gasteiger partial charge in [0.2, 0.25) is 6.79 Å². The Labute approximate surface area is 258 Å². The standard InChI is InChI=1S/C34H33N3O6S/c1-5-36(6-2)33(39)30-21(3)35-34-37(31(30)25-9-7-8-10-26(25)40-4)32(38)29(44-34)18-22-11-14-24(15-12-22)41-19-23-13-16-27-28(17-23)43-20-42-27/h7-18,31H,5-6,19-20H2,1-4H3/b29-18+/t31-/m1/s1. The van der Waals surface area contributed by atoms with Crippen molar-refractivity contribution in [3.05, 3.63) is 114 Å². The molecule has 0 fully saturated rings. The van der Waals surface area contributed by atoms with Crippen LogP contribution in [0.15, 0.2) is 87.8 Å². The molecule has 226 valence electrons. The van der Waals surface area contributed by atoms with Crippen LogP contribution in [0.3, 0.4) is 0 Å². The Kier molecular flexibility index (Phi) is 8.25. The minimum atomic E-state index is -0.676. The average Bonchev–Trinajstić information content (AvgIpc) is 3.64. The number of benzene rings is 3. The summed E-state index contributed by atoms with van der Waals surface area (Å²) in [5.74, 6) is 2.61. The summed E-state index contributed by atoms with van der Waals surface area (Å²) >= 11 is 1.30. The lowest BCUT2D eigenvalue weighted by molar-refractivity contribution is -0.127. The number of likely N-dealkylation sites (N-methyl/N-ethyl adjacent to an activating group) is 1. The van der Waals surface area contributed by atoms with Crippen molar-refractivity contribution in [2.45, 2.75) is 33.4 Å². The lowest BCUT2D eigenvalue weighted by atomic mass is 9.94. The highest BCUT2D eigenvalue weighted by Crippen LogP contribution is 2.36. The maximum Gasteiger partial charge on any atom is 0.271 e. The van der Waals surface area contributed by atoms with E-state index in [1.54, 1.807) is 16.6 Å². The van der Waals surface area contributed by atoms with E-state index in [4.69, 9.17) is 23.9 Å². The van der Waals surface area contributed by atoms with E-state index in [2.05, 4.69) is 0 Å². The number of carbonyl (C=O) groups excluding carboxylic acids is 1. The predicted molar refractivity (Wildman–Crippen MR) is 168 cm³/mol. The Morgan fingerprint density at radius 1 is 1.07 bits per heavy atom. The van der Waals surface area contributed by atoms with Gasteiger partial charge >= 0.3 is 0 Å². The van der Waals surface area contributed by atoms with Gasteiger partial charge in [-0.25, -0.2) is 4.99 Å². The first-order valence-corrected chi connectivity index (χ1v) is 15.3. The number of thiazole rings is 1. The number of methoxy groups -OCH3 is 1. The molecule has 44 heavy (non-hydrogen) atoms. The molecule has 0 saturated heterocycles. The molecule has 2 aliphatic heterocycles. The molecule has 3 heterocycles. The van der Waals surface area contributed by atoms with Crippen LogP contribution < -0.4 is 33.8 Å². The first-order chi connectivity index (χ1) is 21.4. The van der Waals surface area contributed by atoms with Crippen LogP contribution in [-0.2, 0) is 11.4 Å². The van der Waals surface area contributed by atoms with Gasteiger partial charge in [-0.05, 0) is 68.3 Å². The highest BCUT2D eigenvalue weighted by Gasteiger charge is 2.35. The molecule has 6 rings (SSSR count). The summed E-state index contributed by atoms with van der Waals surface area (Å²) < 4.78 is 24.6. The molecule has 0 radical (unpaired) electrons. The second-order valence-corrected chi connectivity index (χ2v) is 11.4. The van der Waals surface area contributed by atoms with Crippen molar-refractivity contribution < 1.29 is 23.7 Å². The number of amides is 1. The number of hydrogen-bond donors (Lipinski definition) is 0. The van der Waals surface area contributed by atoms with E-state index >= 15 is 0 Å². The van der Waals surface area contributed by atoms with Gasteiger partial charge in [0.25, 0.3) is 11.5 Å². The minimum Gasteiger partial charge on any atom is -0.496 e. The Bertz CT molecular complexity index is 1920. The van der Waals surface area contributed by atoms with Gasteiger partial charge in [0.1, 0.15) is 24.1 Å². The summed E-state index contributed by atoms with van der Waals surface area (Å²) in [5, 5.41) is 0. The summed E-state index contributed by atoms with van der Waals surface area (Å²) in [6, 6.07) is 20.1. The Balaban J connectivity index is 1.33. The van der Waals surface area contributed by atoms with Gasteiger partial charge in [0, 0.05) is 18.7 Å². The third-order valence-corrected chi connectivity index (χ3v) is 8.74. The lowest BCUT2D eigenvalue weighted by Crippen LogP contribution is -2.43. The largest absolute Gasteiger partial charge is 0.496 e. The van der Waals surface area contributed by atoms with E-state index < -0.39 is 6.04 Å². The molecule has 0 unspecified atom stereocenters. The Morgan fingerprint density at radius 3 is 2.57 bits per heavy atom. The van der Waals surface area contributed by atoms with Crippen LogP contribution in [0.1, 0.15) is 43.5 Å². The van der Waals surface area contributed by atoms with Gasteiger partial charge in [-0.1, -0.05) is 47.7 Å². The van der Waals surface area contributed by atoms with E-state index in [1.807, 2.05) is 93.6 Å². The van der Waals surface area contributed by atoms with Crippen molar-refractivity contribution in [2.75, 3.05) is 27.0 Å². The van der Waals surface area contributed by atoms with Crippen molar-refractivity contribution in [3.63, 3.8) is 0 Å². The molecule has 1 amide bonds. The van der Waals surface area contributed by atoms with Crippen LogP contribution in [0.2, 0.25) is 0 Å².